The molecular formula is C26H40N2O2. The van der Waals surface area contributed by atoms with Gasteiger partial charge in [0.15, 0.2) is 0 Å². The molecule has 3 aliphatic rings. The zero-order valence-electron chi connectivity index (χ0n) is 19.4. The van der Waals surface area contributed by atoms with Crippen molar-refractivity contribution in [3.63, 3.8) is 0 Å². The van der Waals surface area contributed by atoms with Crippen LogP contribution in [-0.4, -0.2) is 36.2 Å². The highest BCUT2D eigenvalue weighted by Gasteiger charge is 2.61. The molecule has 1 N–H and O–H groups in total. The van der Waals surface area contributed by atoms with E-state index in [4.69, 9.17) is 4.74 Å². The first-order valence-electron chi connectivity index (χ1n) is 12.1. The van der Waals surface area contributed by atoms with E-state index < -0.39 is 0 Å². The number of nitrogens with one attached hydrogen (secondary N) is 1. The van der Waals surface area contributed by atoms with Crippen LogP contribution in [0.15, 0.2) is 24.3 Å². The van der Waals surface area contributed by atoms with Gasteiger partial charge in [0.05, 0.1) is 12.7 Å². The molecule has 3 fully saturated rings. The van der Waals surface area contributed by atoms with E-state index in [1.807, 2.05) is 24.3 Å². The first-order valence-corrected chi connectivity index (χ1v) is 12.1. The first kappa shape index (κ1) is 21.7. The molecule has 0 heterocycles. The molecule has 3 atom stereocenters. The van der Waals surface area contributed by atoms with Crippen LogP contribution in [0.2, 0.25) is 0 Å². The highest BCUT2D eigenvalue weighted by molar-refractivity contribution is 5.89. The minimum Gasteiger partial charge on any atom is -0.376 e. The average molecular weight is 413 g/mol. The molecule has 4 rings (SSSR count). The second-order valence-corrected chi connectivity index (χ2v) is 10.8. The molecule has 0 aliphatic heterocycles. The van der Waals surface area contributed by atoms with Crippen LogP contribution in [0.1, 0.15) is 77.7 Å². The van der Waals surface area contributed by atoms with Crippen molar-refractivity contribution in [2.24, 2.45) is 16.7 Å². The van der Waals surface area contributed by atoms with Crippen LogP contribution in [0.25, 0.3) is 0 Å². The Morgan fingerprint density at radius 1 is 1.10 bits per heavy atom. The lowest BCUT2D eigenvalue weighted by atomic mass is 9.70. The van der Waals surface area contributed by atoms with E-state index in [2.05, 4.69) is 37.9 Å². The fourth-order valence-corrected chi connectivity index (χ4v) is 6.35. The number of carbonyl (C=O) groups is 1. The molecule has 2 bridgehead atoms. The number of hydrogen-bond donors (Lipinski definition) is 1. The van der Waals surface area contributed by atoms with Crippen molar-refractivity contribution in [2.45, 2.75) is 91.2 Å². The van der Waals surface area contributed by atoms with Gasteiger partial charge in [0.25, 0.3) is 0 Å². The summed E-state index contributed by atoms with van der Waals surface area (Å²) in [4.78, 5) is 15.2. The Balaban J connectivity index is 1.38. The molecule has 0 aromatic heterocycles. The molecule has 0 spiro atoms. The normalized spacial score (nSPS) is 30.4. The summed E-state index contributed by atoms with van der Waals surface area (Å²) in [5, 5.41) is 3.12. The second kappa shape index (κ2) is 8.53. The molecule has 0 radical (unpaired) electrons. The molecule has 1 aromatic carbocycles. The van der Waals surface area contributed by atoms with Crippen LogP contribution < -0.4 is 5.32 Å². The molecule has 3 saturated carbocycles. The zero-order chi connectivity index (χ0) is 21.4. The zero-order valence-corrected chi connectivity index (χ0v) is 19.4. The van der Waals surface area contributed by atoms with Crippen molar-refractivity contribution >= 4 is 11.7 Å². The van der Waals surface area contributed by atoms with Crippen molar-refractivity contribution < 1.29 is 9.53 Å². The van der Waals surface area contributed by atoms with Crippen LogP contribution in [0, 0.1) is 23.7 Å². The van der Waals surface area contributed by atoms with Gasteiger partial charge in [-0.2, -0.15) is 0 Å². The monoisotopic (exact) mass is 412 g/mol. The van der Waals surface area contributed by atoms with Crippen molar-refractivity contribution in [1.82, 2.24) is 4.90 Å². The number of anilines is 1. The Morgan fingerprint density at radius 2 is 1.80 bits per heavy atom. The van der Waals surface area contributed by atoms with Gasteiger partial charge < -0.3 is 15.0 Å². The van der Waals surface area contributed by atoms with E-state index in [0.717, 1.165) is 24.4 Å². The fraction of sp³-hybridized carbons (Fsp3) is 0.731. The molecule has 2 amide bonds. The van der Waals surface area contributed by atoms with Crippen LogP contribution in [0.4, 0.5) is 10.5 Å². The molecule has 3 aliphatic carbocycles. The summed E-state index contributed by atoms with van der Waals surface area (Å²) in [6, 6.07) is 8.42. The summed E-state index contributed by atoms with van der Waals surface area (Å²) in [5.41, 5.74) is 2.71. The Kier molecular flexibility index (Phi) is 6.16. The third-order valence-corrected chi connectivity index (χ3v) is 8.94. The summed E-state index contributed by atoms with van der Waals surface area (Å²) in [5.74, 6) is 0.784. The molecule has 4 nitrogen and oxygen atoms in total. The predicted molar refractivity (Wildman–Crippen MR) is 123 cm³/mol. The smallest absolute Gasteiger partial charge is 0.322 e. The number of nitrogens with zero attached hydrogens (tertiary/aromatic N) is 1. The van der Waals surface area contributed by atoms with Gasteiger partial charge >= 0.3 is 6.03 Å². The number of carbonyl (C=O) groups excluding carboxylic acids is 1. The summed E-state index contributed by atoms with van der Waals surface area (Å²) >= 11 is 0. The van der Waals surface area contributed by atoms with E-state index >= 15 is 0 Å². The third-order valence-electron chi connectivity index (χ3n) is 8.94. The maximum Gasteiger partial charge on any atom is 0.322 e. The Hall–Kier alpha value is -1.55. The van der Waals surface area contributed by atoms with E-state index in [0.29, 0.717) is 30.7 Å². The topological polar surface area (TPSA) is 41.6 Å². The lowest BCUT2D eigenvalue weighted by Crippen LogP contribution is -2.46. The van der Waals surface area contributed by atoms with Gasteiger partial charge in [-0.1, -0.05) is 57.7 Å². The van der Waals surface area contributed by atoms with E-state index in [-0.39, 0.29) is 11.4 Å². The molecular weight excluding hydrogens is 372 g/mol. The van der Waals surface area contributed by atoms with Gasteiger partial charge in [-0.25, -0.2) is 4.79 Å². The van der Waals surface area contributed by atoms with Gasteiger partial charge in [-0.15, -0.1) is 0 Å². The molecule has 166 valence electrons. The lowest BCUT2D eigenvalue weighted by Gasteiger charge is -2.39. The number of aryl methyl sites for hydroxylation is 1. The molecule has 0 saturated heterocycles. The van der Waals surface area contributed by atoms with Gasteiger partial charge in [0.1, 0.15) is 0 Å². The average Bonchev–Trinajstić information content (AvgIpc) is 3.07. The van der Waals surface area contributed by atoms with Crippen molar-refractivity contribution in [3.8, 4) is 0 Å². The minimum atomic E-state index is 0.0221. The second-order valence-electron chi connectivity index (χ2n) is 10.8. The molecule has 1 aromatic rings. The maximum absolute atomic E-state index is 13.2. The highest BCUT2D eigenvalue weighted by Crippen LogP contribution is 2.66. The van der Waals surface area contributed by atoms with Crippen molar-refractivity contribution in [1.29, 1.82) is 0 Å². The van der Waals surface area contributed by atoms with Gasteiger partial charge in [-0.05, 0) is 67.9 Å². The fourth-order valence-electron chi connectivity index (χ4n) is 6.35. The number of urea groups is 1. The van der Waals surface area contributed by atoms with Crippen molar-refractivity contribution in [3.05, 3.63) is 29.8 Å². The predicted octanol–water partition coefficient (Wildman–Crippen LogP) is 6.39. The van der Waals surface area contributed by atoms with Crippen LogP contribution in [0.3, 0.4) is 0 Å². The number of ether oxygens (including phenoxy) is 1. The molecule has 4 heteroatoms. The Bertz CT molecular complexity index is 738. The van der Waals surface area contributed by atoms with Crippen molar-refractivity contribution in [2.75, 3.05) is 18.5 Å². The number of benzene rings is 1. The van der Waals surface area contributed by atoms with E-state index in [1.165, 1.54) is 44.1 Å². The SMILES string of the molecule is Cc1ccc(NC(=O)N(CCO[C@@H]2C[C@@H]3CC[C@@]2(C)C3(C)C)C2CCCCC2)cc1. The van der Waals surface area contributed by atoms with Gasteiger partial charge in [0, 0.05) is 18.3 Å². The Labute approximate surface area is 182 Å². The quantitative estimate of drug-likeness (QED) is 0.588. The number of amides is 2. The molecule has 30 heavy (non-hydrogen) atoms. The Morgan fingerprint density at radius 3 is 2.40 bits per heavy atom. The summed E-state index contributed by atoms with van der Waals surface area (Å²) in [6.45, 7) is 10.7. The molecule has 0 unspecified atom stereocenters. The van der Waals surface area contributed by atoms with E-state index in [1.54, 1.807) is 0 Å². The summed E-state index contributed by atoms with van der Waals surface area (Å²) in [7, 11) is 0. The van der Waals surface area contributed by atoms with Gasteiger partial charge in [-0.3, -0.25) is 0 Å². The number of fused-ring (bicyclic) bond motifs is 2. The summed E-state index contributed by atoms with van der Waals surface area (Å²) < 4.78 is 6.49. The largest absolute Gasteiger partial charge is 0.376 e. The van der Waals surface area contributed by atoms with Crippen LogP contribution in [0.5, 0.6) is 0 Å². The number of hydrogen-bond acceptors (Lipinski definition) is 2. The third kappa shape index (κ3) is 4.00. The van der Waals surface area contributed by atoms with E-state index in [9.17, 15) is 4.79 Å². The van der Waals surface area contributed by atoms with Crippen LogP contribution >= 0.6 is 0 Å². The van der Waals surface area contributed by atoms with Gasteiger partial charge in [0.2, 0.25) is 0 Å². The minimum absolute atomic E-state index is 0.0221. The standard InChI is InChI=1S/C26H40N2O2/c1-19-10-12-21(13-11-19)27-24(29)28(22-8-6-5-7-9-22)16-17-30-23-18-20-14-15-26(23,4)25(20,2)3/h10-13,20,22-23H,5-9,14-18H2,1-4H3,(H,27,29)/t20-,23+,26+/m0/s1. The number of rotatable bonds is 6. The maximum atomic E-state index is 13.2. The highest BCUT2D eigenvalue weighted by atomic mass is 16.5. The summed E-state index contributed by atoms with van der Waals surface area (Å²) in [6.07, 6.45) is 10.1. The van der Waals surface area contributed by atoms with Crippen LogP contribution in [-0.2, 0) is 4.74 Å². The first-order chi connectivity index (χ1) is 14.3. The lowest BCUT2D eigenvalue weighted by molar-refractivity contribution is -0.0517.